The number of carbonyl (C=O) groups is 1. The van der Waals surface area contributed by atoms with Gasteiger partial charge in [-0.2, -0.15) is 9.97 Å². The number of hydrogen-bond donors (Lipinski definition) is 1. The van der Waals surface area contributed by atoms with Crippen molar-refractivity contribution >= 4 is 33.4 Å². The third kappa shape index (κ3) is 5.52. The van der Waals surface area contributed by atoms with E-state index in [0.29, 0.717) is 6.29 Å². The maximum absolute atomic E-state index is 11.9. The van der Waals surface area contributed by atoms with Gasteiger partial charge in [-0.05, 0) is 37.1 Å². The molecule has 2 N–H and O–H groups in total. The van der Waals surface area contributed by atoms with E-state index in [1.54, 1.807) is 0 Å². The van der Waals surface area contributed by atoms with Crippen molar-refractivity contribution in [3.8, 4) is 0 Å². The number of nitrogens with two attached hydrogens (primary N) is 1. The molecule has 0 spiro atoms. The molecule has 1 aliphatic rings. The van der Waals surface area contributed by atoms with Crippen LogP contribution < -0.4 is 10.6 Å². The van der Waals surface area contributed by atoms with Crippen LogP contribution >= 0.6 is 0 Å². The van der Waals surface area contributed by atoms with Gasteiger partial charge in [0.1, 0.15) is 6.29 Å². The average Bonchev–Trinajstić information content (AvgIpc) is 3.19. The smallest absolute Gasteiger partial charge is 0.353 e. The van der Waals surface area contributed by atoms with Gasteiger partial charge in [0.2, 0.25) is 21.5 Å². The number of rotatable bonds is 9. The van der Waals surface area contributed by atoms with E-state index in [1.165, 1.54) is 17.7 Å². The number of sulfone groups is 1. The van der Waals surface area contributed by atoms with E-state index < -0.39 is 31.4 Å². The predicted molar refractivity (Wildman–Crippen MR) is 114 cm³/mol. The van der Waals surface area contributed by atoms with E-state index in [-0.39, 0.29) is 18.9 Å². The highest BCUT2D eigenvalue weighted by Gasteiger charge is 2.29. The lowest BCUT2D eigenvalue weighted by Crippen LogP contribution is -2.28. The second-order valence-electron chi connectivity index (χ2n) is 7.44. The molecule has 0 atom stereocenters. The van der Waals surface area contributed by atoms with Crippen LogP contribution in [0.3, 0.4) is 0 Å². The number of anilines is 2. The molecular formula is C19H24N6O5S. The Morgan fingerprint density at radius 2 is 1.94 bits per heavy atom. The topological polar surface area (TPSA) is 153 Å². The third-order valence-corrected chi connectivity index (χ3v) is 5.80. The number of benzene rings is 1. The molecule has 0 amide bonds. The second-order valence-corrected chi connectivity index (χ2v) is 9.35. The van der Waals surface area contributed by atoms with Crippen molar-refractivity contribution in [1.82, 2.24) is 14.9 Å². The summed E-state index contributed by atoms with van der Waals surface area (Å²) in [5.74, 6) is -0.885. The van der Waals surface area contributed by atoms with Gasteiger partial charge < -0.3 is 15.4 Å². The SMILES string of the molecule is CS(=O)(=O)c1nc(N)c([N+](=O)[O-])c(N(CC=O)Cc2cccc(CN3CCCC3)c2)n1. The average molecular weight is 449 g/mol. The number of aldehydes is 1. The van der Waals surface area contributed by atoms with Crippen molar-refractivity contribution < 1.29 is 18.1 Å². The number of carbonyl (C=O) groups excluding carboxylic acids is 1. The maximum Gasteiger partial charge on any atom is 0.353 e. The van der Waals surface area contributed by atoms with Crippen LogP contribution in [0.5, 0.6) is 0 Å². The first-order valence-electron chi connectivity index (χ1n) is 9.69. The molecule has 2 heterocycles. The zero-order valence-electron chi connectivity index (χ0n) is 17.1. The summed E-state index contributed by atoms with van der Waals surface area (Å²) in [6.07, 6.45) is 3.79. The van der Waals surface area contributed by atoms with Crippen LogP contribution in [0.15, 0.2) is 29.4 Å². The van der Waals surface area contributed by atoms with Gasteiger partial charge in [-0.25, -0.2) is 8.42 Å². The minimum atomic E-state index is -3.88. The van der Waals surface area contributed by atoms with E-state index >= 15 is 0 Å². The number of hydrogen-bond acceptors (Lipinski definition) is 10. The van der Waals surface area contributed by atoms with Crippen LogP contribution in [0.2, 0.25) is 0 Å². The van der Waals surface area contributed by atoms with Gasteiger partial charge in [0.25, 0.3) is 5.16 Å². The van der Waals surface area contributed by atoms with Crippen molar-refractivity contribution in [3.63, 3.8) is 0 Å². The van der Waals surface area contributed by atoms with E-state index in [0.717, 1.165) is 37.0 Å². The molecule has 1 aliphatic heterocycles. The van der Waals surface area contributed by atoms with Gasteiger partial charge in [-0.1, -0.05) is 24.3 Å². The molecule has 0 unspecified atom stereocenters. The molecule has 1 aromatic carbocycles. The quantitative estimate of drug-likeness (QED) is 0.256. The van der Waals surface area contributed by atoms with Gasteiger partial charge in [-0.3, -0.25) is 15.0 Å². The van der Waals surface area contributed by atoms with Gasteiger partial charge in [-0.15, -0.1) is 0 Å². The maximum atomic E-state index is 11.9. The molecule has 2 aromatic rings. The van der Waals surface area contributed by atoms with Gasteiger partial charge in [0, 0.05) is 19.3 Å². The Kier molecular flexibility index (Phi) is 6.81. The predicted octanol–water partition coefficient (Wildman–Crippen LogP) is 1.17. The summed E-state index contributed by atoms with van der Waals surface area (Å²) in [5.41, 5.74) is 6.93. The molecule has 1 fully saturated rings. The Bertz CT molecular complexity index is 1090. The Hall–Kier alpha value is -3.12. The highest BCUT2D eigenvalue weighted by atomic mass is 32.2. The summed E-state index contributed by atoms with van der Waals surface area (Å²) in [4.78, 5) is 33.2. The fourth-order valence-electron chi connectivity index (χ4n) is 3.56. The molecule has 1 aromatic heterocycles. The summed E-state index contributed by atoms with van der Waals surface area (Å²) in [5, 5.41) is 11.0. The van der Waals surface area contributed by atoms with Crippen molar-refractivity contribution in [3.05, 3.63) is 45.5 Å². The molecule has 0 saturated carbocycles. The highest BCUT2D eigenvalue weighted by Crippen LogP contribution is 2.32. The van der Waals surface area contributed by atoms with Crippen molar-refractivity contribution in [2.24, 2.45) is 0 Å². The second kappa shape index (κ2) is 9.35. The van der Waals surface area contributed by atoms with Gasteiger partial charge >= 0.3 is 5.69 Å². The van der Waals surface area contributed by atoms with Crippen LogP contribution in [-0.4, -0.2) is 60.4 Å². The Balaban J connectivity index is 1.98. The first kappa shape index (κ1) is 22.6. The van der Waals surface area contributed by atoms with E-state index in [1.807, 2.05) is 24.3 Å². The normalized spacial score (nSPS) is 14.5. The van der Waals surface area contributed by atoms with Gasteiger partial charge in [0.15, 0.2) is 0 Å². The largest absolute Gasteiger partial charge is 0.378 e. The van der Waals surface area contributed by atoms with Crippen LogP contribution in [0.25, 0.3) is 0 Å². The first-order valence-corrected chi connectivity index (χ1v) is 11.6. The van der Waals surface area contributed by atoms with Gasteiger partial charge in [0.05, 0.1) is 11.5 Å². The molecule has 1 saturated heterocycles. The number of nitrogen functional groups attached to an aromatic ring is 1. The number of aromatic nitrogens is 2. The van der Waals surface area contributed by atoms with Crippen LogP contribution in [0, 0.1) is 10.1 Å². The van der Waals surface area contributed by atoms with Crippen molar-refractivity contribution in [1.29, 1.82) is 0 Å². The molecule has 12 heteroatoms. The Morgan fingerprint density at radius 1 is 1.26 bits per heavy atom. The summed E-state index contributed by atoms with van der Waals surface area (Å²) in [6.45, 7) is 2.74. The lowest BCUT2D eigenvalue weighted by molar-refractivity contribution is -0.383. The van der Waals surface area contributed by atoms with E-state index in [4.69, 9.17) is 5.73 Å². The molecule has 11 nitrogen and oxygen atoms in total. The standard InChI is InChI=1S/C19H24N6O5S/c1-31(29,30)19-21-17(20)16(25(27)28)18(22-19)24(9-10-26)13-15-6-4-5-14(11-15)12-23-7-2-3-8-23/h4-6,10-11H,2-3,7-9,12-13H2,1H3,(H2,20,21,22). The summed E-state index contributed by atoms with van der Waals surface area (Å²) in [6, 6.07) is 7.67. The molecule has 0 bridgehead atoms. The summed E-state index contributed by atoms with van der Waals surface area (Å²) in [7, 11) is -3.88. The fourth-order valence-corrected chi connectivity index (χ4v) is 4.08. The Morgan fingerprint density at radius 3 is 2.55 bits per heavy atom. The molecule has 0 aliphatic carbocycles. The lowest BCUT2D eigenvalue weighted by atomic mass is 10.1. The zero-order valence-corrected chi connectivity index (χ0v) is 17.9. The molecule has 166 valence electrons. The van der Waals surface area contributed by atoms with Crippen LogP contribution in [0.1, 0.15) is 24.0 Å². The minimum Gasteiger partial charge on any atom is -0.378 e. The molecule has 0 radical (unpaired) electrons. The molecular weight excluding hydrogens is 424 g/mol. The van der Waals surface area contributed by atoms with E-state index in [2.05, 4.69) is 14.9 Å². The molecule has 31 heavy (non-hydrogen) atoms. The van der Waals surface area contributed by atoms with E-state index in [9.17, 15) is 23.3 Å². The number of nitro groups is 1. The minimum absolute atomic E-state index is 0.104. The van der Waals surface area contributed by atoms with Crippen molar-refractivity contribution in [2.45, 2.75) is 31.1 Å². The summed E-state index contributed by atoms with van der Waals surface area (Å²) < 4.78 is 23.8. The number of nitrogens with zero attached hydrogens (tertiary/aromatic N) is 5. The van der Waals surface area contributed by atoms with Crippen LogP contribution in [0.4, 0.5) is 17.3 Å². The van der Waals surface area contributed by atoms with Crippen LogP contribution in [-0.2, 0) is 27.7 Å². The molecule has 3 rings (SSSR count). The highest BCUT2D eigenvalue weighted by molar-refractivity contribution is 7.90. The monoisotopic (exact) mass is 448 g/mol. The van der Waals surface area contributed by atoms with Crippen molar-refractivity contribution in [2.75, 3.05) is 36.5 Å². The number of likely N-dealkylation sites (tertiary alicyclic amines) is 1. The fraction of sp³-hybridized carbons (Fsp3) is 0.421. The first-order chi connectivity index (χ1) is 14.7. The zero-order chi connectivity index (χ0) is 22.6. The lowest BCUT2D eigenvalue weighted by Gasteiger charge is -2.22. The Labute approximate surface area is 180 Å². The summed E-state index contributed by atoms with van der Waals surface area (Å²) >= 11 is 0. The third-order valence-electron chi connectivity index (χ3n) is 4.95.